The average Bonchev–Trinajstić information content (AvgIpc) is 2.79. The van der Waals surface area contributed by atoms with Gasteiger partial charge in [0.2, 0.25) is 0 Å². The molecule has 0 aliphatic carbocycles. The van der Waals surface area contributed by atoms with Crippen molar-refractivity contribution in [3.8, 4) is 0 Å². The third kappa shape index (κ3) is 3.33. The number of nitrogen functional groups attached to an aromatic ring is 1. The van der Waals surface area contributed by atoms with Crippen molar-refractivity contribution >= 4 is 5.91 Å². The standard InChI is InChI=1S/C14H23N5O/c1-10-7-19(9-13(10)18(2)3)8-11-5-4-6-12(16-11)14(20)17-15/h4-6,10,13H,7-9,15H2,1-3H3,(H,17,20). The number of aromatic nitrogens is 1. The van der Waals surface area contributed by atoms with E-state index >= 15 is 0 Å². The number of likely N-dealkylation sites (N-methyl/N-ethyl adjacent to an activating group) is 1. The lowest BCUT2D eigenvalue weighted by atomic mass is 10.1. The van der Waals surface area contributed by atoms with Gasteiger partial charge < -0.3 is 4.90 Å². The summed E-state index contributed by atoms with van der Waals surface area (Å²) in [5.41, 5.74) is 3.37. The summed E-state index contributed by atoms with van der Waals surface area (Å²) in [6, 6.07) is 6.03. The van der Waals surface area contributed by atoms with Gasteiger partial charge in [0.25, 0.3) is 5.91 Å². The van der Waals surface area contributed by atoms with Crippen molar-refractivity contribution in [1.29, 1.82) is 0 Å². The van der Waals surface area contributed by atoms with Crippen LogP contribution in [0.25, 0.3) is 0 Å². The average molecular weight is 277 g/mol. The zero-order valence-electron chi connectivity index (χ0n) is 12.3. The molecule has 110 valence electrons. The van der Waals surface area contributed by atoms with Crippen molar-refractivity contribution in [2.45, 2.75) is 19.5 Å². The molecule has 0 saturated carbocycles. The summed E-state index contributed by atoms with van der Waals surface area (Å²) in [5.74, 6) is 5.42. The van der Waals surface area contributed by atoms with Crippen LogP contribution in [0.1, 0.15) is 23.1 Å². The van der Waals surface area contributed by atoms with Crippen LogP contribution < -0.4 is 11.3 Å². The van der Waals surface area contributed by atoms with Crippen LogP contribution >= 0.6 is 0 Å². The Hall–Kier alpha value is -1.50. The number of hydrogen-bond acceptors (Lipinski definition) is 5. The lowest BCUT2D eigenvalue weighted by molar-refractivity contribution is 0.0948. The topological polar surface area (TPSA) is 74.5 Å². The van der Waals surface area contributed by atoms with E-state index in [4.69, 9.17) is 5.84 Å². The van der Waals surface area contributed by atoms with Crippen LogP contribution in [0.5, 0.6) is 0 Å². The van der Waals surface area contributed by atoms with E-state index in [0.29, 0.717) is 17.7 Å². The Morgan fingerprint density at radius 2 is 2.25 bits per heavy atom. The molecule has 0 bridgehead atoms. The van der Waals surface area contributed by atoms with Gasteiger partial charge in [-0.2, -0.15) is 0 Å². The fourth-order valence-electron chi connectivity index (χ4n) is 2.85. The summed E-state index contributed by atoms with van der Waals surface area (Å²) >= 11 is 0. The first-order chi connectivity index (χ1) is 9.51. The number of nitrogens with zero attached hydrogens (tertiary/aromatic N) is 3. The first kappa shape index (κ1) is 14.9. The van der Waals surface area contributed by atoms with Crippen LogP contribution in [0.2, 0.25) is 0 Å². The summed E-state index contributed by atoms with van der Waals surface area (Å²) in [7, 11) is 4.24. The predicted octanol–water partition coefficient (Wildman–Crippen LogP) is 0.0670. The number of hydrazine groups is 1. The normalized spacial score (nSPS) is 23.2. The smallest absolute Gasteiger partial charge is 0.283 e. The summed E-state index contributed by atoms with van der Waals surface area (Å²) in [5, 5.41) is 0. The second-order valence-corrected chi connectivity index (χ2v) is 5.69. The third-order valence-electron chi connectivity index (χ3n) is 3.87. The molecule has 2 rings (SSSR count). The van der Waals surface area contributed by atoms with Gasteiger partial charge in [-0.1, -0.05) is 13.0 Å². The van der Waals surface area contributed by atoms with E-state index in [1.165, 1.54) is 0 Å². The number of carbonyl (C=O) groups is 1. The molecule has 2 atom stereocenters. The molecule has 0 spiro atoms. The number of nitrogens with two attached hydrogens (primary N) is 1. The highest BCUT2D eigenvalue weighted by atomic mass is 16.2. The first-order valence-electron chi connectivity index (χ1n) is 6.87. The van der Waals surface area contributed by atoms with Gasteiger partial charge in [-0.05, 0) is 32.1 Å². The molecule has 3 N–H and O–H groups in total. The Morgan fingerprint density at radius 3 is 2.85 bits per heavy atom. The van der Waals surface area contributed by atoms with Crippen LogP contribution in [0.4, 0.5) is 0 Å². The molecule has 0 radical (unpaired) electrons. The maximum absolute atomic E-state index is 11.5. The number of pyridine rings is 1. The van der Waals surface area contributed by atoms with E-state index < -0.39 is 0 Å². The molecule has 1 fully saturated rings. The minimum absolute atomic E-state index is 0.354. The molecule has 2 unspecified atom stereocenters. The monoisotopic (exact) mass is 277 g/mol. The minimum Gasteiger partial charge on any atom is -0.305 e. The van der Waals surface area contributed by atoms with Gasteiger partial charge >= 0.3 is 0 Å². The highest BCUT2D eigenvalue weighted by Gasteiger charge is 2.30. The maximum atomic E-state index is 11.5. The molecule has 1 aromatic rings. The largest absolute Gasteiger partial charge is 0.305 e. The van der Waals surface area contributed by atoms with E-state index in [2.05, 4.69) is 41.2 Å². The number of hydrogen-bond donors (Lipinski definition) is 2. The Bertz CT molecular complexity index is 476. The fourth-order valence-corrected chi connectivity index (χ4v) is 2.85. The second kappa shape index (κ2) is 6.30. The fraction of sp³-hybridized carbons (Fsp3) is 0.571. The van der Waals surface area contributed by atoms with Crippen molar-refractivity contribution < 1.29 is 4.79 Å². The number of carbonyl (C=O) groups excluding carboxylic acids is 1. The second-order valence-electron chi connectivity index (χ2n) is 5.69. The molecule has 0 aromatic carbocycles. The first-order valence-corrected chi connectivity index (χ1v) is 6.87. The summed E-state index contributed by atoms with van der Waals surface area (Å²) < 4.78 is 0. The lowest BCUT2D eigenvalue weighted by Gasteiger charge is -2.22. The Labute approximate surface area is 119 Å². The Kier molecular flexibility index (Phi) is 4.69. The molecular formula is C14H23N5O. The highest BCUT2D eigenvalue weighted by molar-refractivity contribution is 5.91. The van der Waals surface area contributed by atoms with Gasteiger partial charge in [-0.3, -0.25) is 15.1 Å². The van der Waals surface area contributed by atoms with Gasteiger partial charge in [-0.25, -0.2) is 10.8 Å². The van der Waals surface area contributed by atoms with Crippen LogP contribution in [0.15, 0.2) is 18.2 Å². The highest BCUT2D eigenvalue weighted by Crippen LogP contribution is 2.21. The lowest BCUT2D eigenvalue weighted by Crippen LogP contribution is -2.34. The van der Waals surface area contributed by atoms with E-state index in [-0.39, 0.29) is 5.91 Å². The summed E-state index contributed by atoms with van der Waals surface area (Å²) in [6.45, 7) is 5.12. The van der Waals surface area contributed by atoms with Crippen molar-refractivity contribution in [1.82, 2.24) is 20.2 Å². The van der Waals surface area contributed by atoms with Crippen LogP contribution in [-0.2, 0) is 6.54 Å². The summed E-state index contributed by atoms with van der Waals surface area (Å²) in [4.78, 5) is 20.5. The third-order valence-corrected chi connectivity index (χ3v) is 3.87. The van der Waals surface area contributed by atoms with E-state index in [0.717, 1.165) is 25.3 Å². The summed E-state index contributed by atoms with van der Waals surface area (Å²) in [6.07, 6.45) is 0. The Balaban J connectivity index is 2.02. The van der Waals surface area contributed by atoms with Crippen molar-refractivity contribution in [3.05, 3.63) is 29.6 Å². The van der Waals surface area contributed by atoms with Gasteiger partial charge in [0, 0.05) is 25.7 Å². The Morgan fingerprint density at radius 1 is 1.50 bits per heavy atom. The zero-order valence-corrected chi connectivity index (χ0v) is 12.3. The molecule has 1 saturated heterocycles. The predicted molar refractivity (Wildman–Crippen MR) is 77.8 cm³/mol. The molecule has 6 heteroatoms. The maximum Gasteiger partial charge on any atom is 0.283 e. The van der Waals surface area contributed by atoms with E-state index in [9.17, 15) is 4.79 Å². The number of amides is 1. The molecule has 1 aromatic heterocycles. The van der Waals surface area contributed by atoms with E-state index in [1.54, 1.807) is 6.07 Å². The number of rotatable bonds is 4. The molecule has 1 amide bonds. The minimum atomic E-state index is -0.354. The van der Waals surface area contributed by atoms with Gasteiger partial charge in [0.1, 0.15) is 5.69 Å². The zero-order chi connectivity index (χ0) is 14.7. The van der Waals surface area contributed by atoms with Crippen LogP contribution in [-0.4, -0.2) is 53.9 Å². The van der Waals surface area contributed by atoms with Crippen LogP contribution in [0.3, 0.4) is 0 Å². The SMILES string of the molecule is CC1CN(Cc2cccc(C(=O)NN)n2)CC1N(C)C. The van der Waals surface area contributed by atoms with Crippen molar-refractivity contribution in [3.63, 3.8) is 0 Å². The van der Waals surface area contributed by atoms with Gasteiger partial charge in [0.15, 0.2) is 0 Å². The van der Waals surface area contributed by atoms with Crippen molar-refractivity contribution in [2.24, 2.45) is 11.8 Å². The number of likely N-dealkylation sites (tertiary alicyclic amines) is 1. The number of nitrogens with one attached hydrogen (secondary N) is 1. The molecule has 20 heavy (non-hydrogen) atoms. The van der Waals surface area contributed by atoms with Crippen molar-refractivity contribution in [2.75, 3.05) is 27.2 Å². The molecule has 1 aliphatic rings. The van der Waals surface area contributed by atoms with Gasteiger partial charge in [0.05, 0.1) is 5.69 Å². The molecule has 2 heterocycles. The molecular weight excluding hydrogens is 254 g/mol. The molecule has 1 aliphatic heterocycles. The van der Waals surface area contributed by atoms with E-state index in [1.807, 2.05) is 12.1 Å². The molecule has 6 nitrogen and oxygen atoms in total. The van der Waals surface area contributed by atoms with Crippen LogP contribution in [0, 0.1) is 5.92 Å². The van der Waals surface area contributed by atoms with Gasteiger partial charge in [-0.15, -0.1) is 0 Å². The quantitative estimate of drug-likeness (QED) is 0.463.